The first-order chi connectivity index (χ1) is 12.4. The van der Waals surface area contributed by atoms with Gasteiger partial charge in [0.25, 0.3) is 17.7 Å². The Morgan fingerprint density at radius 2 is 1.65 bits per heavy atom. The van der Waals surface area contributed by atoms with Crippen LogP contribution in [0.25, 0.3) is 0 Å². The number of nitrogens with zero attached hydrogens (tertiary/aromatic N) is 2. The third kappa shape index (κ3) is 2.59. The first-order valence-electron chi connectivity index (χ1n) is 8.16. The Morgan fingerprint density at radius 3 is 2.15 bits per heavy atom. The van der Waals surface area contributed by atoms with E-state index in [1.165, 1.54) is 25.3 Å². The van der Waals surface area contributed by atoms with Gasteiger partial charge in [-0.05, 0) is 25.1 Å². The molecular weight excluding hydrogens is 340 g/mol. The molecule has 0 fully saturated rings. The average Bonchev–Trinajstić information content (AvgIpc) is 2.88. The van der Waals surface area contributed by atoms with Gasteiger partial charge in [-0.1, -0.05) is 19.1 Å². The molecule has 136 valence electrons. The highest BCUT2D eigenvalue weighted by Crippen LogP contribution is 2.32. The molecule has 26 heavy (non-hydrogen) atoms. The summed E-state index contributed by atoms with van der Waals surface area (Å²) in [5.41, 5.74) is 0.330. The maximum Gasteiger partial charge on any atom is 0.332 e. The van der Waals surface area contributed by atoms with E-state index in [4.69, 9.17) is 9.57 Å². The standard InChI is InChI=1S/C18H18N2O6/c1-4-26-18(24)14-10(2)9-13(17(23)20(14)25-3)19-15(21)11-7-5-6-8-12(11)16(19)22/h5-10,14H,4H2,1-3H3. The molecule has 2 atom stereocenters. The topological polar surface area (TPSA) is 93.2 Å². The molecule has 3 rings (SSSR count). The number of imide groups is 1. The zero-order valence-electron chi connectivity index (χ0n) is 14.6. The van der Waals surface area contributed by atoms with Gasteiger partial charge in [-0.25, -0.2) is 14.8 Å². The number of amides is 3. The van der Waals surface area contributed by atoms with E-state index in [1.54, 1.807) is 26.0 Å². The maximum absolute atomic E-state index is 12.8. The molecule has 0 bridgehead atoms. The van der Waals surface area contributed by atoms with Gasteiger partial charge in [0.2, 0.25) is 0 Å². The fourth-order valence-corrected chi connectivity index (χ4v) is 3.18. The van der Waals surface area contributed by atoms with Crippen LogP contribution in [-0.2, 0) is 19.2 Å². The maximum atomic E-state index is 12.8. The molecule has 8 nitrogen and oxygen atoms in total. The van der Waals surface area contributed by atoms with Crippen LogP contribution in [0.5, 0.6) is 0 Å². The Kier molecular flexibility index (Phi) is 4.60. The van der Waals surface area contributed by atoms with Gasteiger partial charge in [-0.2, -0.15) is 0 Å². The van der Waals surface area contributed by atoms with E-state index < -0.39 is 35.7 Å². The number of rotatable bonds is 4. The van der Waals surface area contributed by atoms with Crippen LogP contribution in [0.2, 0.25) is 0 Å². The van der Waals surface area contributed by atoms with Crippen molar-refractivity contribution in [3.05, 3.63) is 47.2 Å². The highest BCUT2D eigenvalue weighted by Gasteiger charge is 2.47. The quantitative estimate of drug-likeness (QED) is 0.592. The minimum atomic E-state index is -0.994. The summed E-state index contributed by atoms with van der Waals surface area (Å²) in [4.78, 5) is 56.2. The van der Waals surface area contributed by atoms with Crippen molar-refractivity contribution in [3.63, 3.8) is 0 Å². The molecular formula is C18H18N2O6. The number of carbonyl (C=O) groups is 4. The molecule has 0 aliphatic carbocycles. The molecule has 2 heterocycles. The third-order valence-electron chi connectivity index (χ3n) is 4.35. The second-order valence-electron chi connectivity index (χ2n) is 5.91. The van der Waals surface area contributed by atoms with Gasteiger partial charge >= 0.3 is 5.97 Å². The van der Waals surface area contributed by atoms with E-state index in [0.717, 1.165) is 9.96 Å². The lowest BCUT2D eigenvalue weighted by molar-refractivity contribution is -0.202. The van der Waals surface area contributed by atoms with Crippen LogP contribution in [0.3, 0.4) is 0 Å². The summed E-state index contributed by atoms with van der Waals surface area (Å²) >= 11 is 0. The van der Waals surface area contributed by atoms with Crippen molar-refractivity contribution in [2.75, 3.05) is 13.7 Å². The van der Waals surface area contributed by atoms with E-state index in [1.807, 2.05) is 0 Å². The van der Waals surface area contributed by atoms with Crippen molar-refractivity contribution in [1.82, 2.24) is 9.96 Å². The fourth-order valence-electron chi connectivity index (χ4n) is 3.18. The van der Waals surface area contributed by atoms with Crippen LogP contribution in [0.4, 0.5) is 0 Å². The van der Waals surface area contributed by atoms with Crippen molar-refractivity contribution >= 4 is 23.7 Å². The molecule has 0 aromatic heterocycles. The number of hydrogen-bond acceptors (Lipinski definition) is 6. The van der Waals surface area contributed by atoms with Crippen LogP contribution >= 0.6 is 0 Å². The Labute approximate surface area is 149 Å². The first kappa shape index (κ1) is 17.8. The summed E-state index contributed by atoms with van der Waals surface area (Å²) in [7, 11) is 1.24. The molecule has 1 aromatic carbocycles. The smallest absolute Gasteiger partial charge is 0.332 e. The van der Waals surface area contributed by atoms with Gasteiger partial charge < -0.3 is 4.74 Å². The monoisotopic (exact) mass is 358 g/mol. The molecule has 8 heteroatoms. The highest BCUT2D eigenvalue weighted by atomic mass is 16.7. The fraction of sp³-hybridized carbons (Fsp3) is 0.333. The molecule has 2 unspecified atom stereocenters. The van der Waals surface area contributed by atoms with Crippen molar-refractivity contribution < 1.29 is 28.8 Å². The lowest BCUT2D eigenvalue weighted by Crippen LogP contribution is -2.54. The van der Waals surface area contributed by atoms with Crippen LogP contribution in [0.15, 0.2) is 36.0 Å². The largest absolute Gasteiger partial charge is 0.464 e. The second-order valence-corrected chi connectivity index (χ2v) is 5.91. The number of hydrogen-bond donors (Lipinski definition) is 0. The minimum absolute atomic E-state index is 0.133. The number of ether oxygens (including phenoxy) is 1. The first-order valence-corrected chi connectivity index (χ1v) is 8.16. The van der Waals surface area contributed by atoms with E-state index in [9.17, 15) is 19.2 Å². The van der Waals surface area contributed by atoms with Crippen LogP contribution < -0.4 is 0 Å². The molecule has 1 aromatic rings. The molecule has 0 saturated heterocycles. The SMILES string of the molecule is CCOC(=O)C1C(C)C=C(N2C(=O)c3ccccc3C2=O)C(=O)N1OC. The Morgan fingerprint density at radius 1 is 1.08 bits per heavy atom. The molecule has 2 aliphatic rings. The lowest BCUT2D eigenvalue weighted by atomic mass is 9.95. The number of esters is 1. The van der Waals surface area contributed by atoms with Crippen LogP contribution in [0, 0.1) is 5.92 Å². The van der Waals surface area contributed by atoms with E-state index >= 15 is 0 Å². The molecule has 3 amide bonds. The van der Waals surface area contributed by atoms with Gasteiger partial charge in [-0.15, -0.1) is 0 Å². The predicted molar refractivity (Wildman–Crippen MR) is 88.5 cm³/mol. The van der Waals surface area contributed by atoms with Gasteiger partial charge in [0.15, 0.2) is 6.04 Å². The van der Waals surface area contributed by atoms with E-state index in [0.29, 0.717) is 0 Å². The minimum Gasteiger partial charge on any atom is -0.464 e. The number of carbonyl (C=O) groups excluding carboxylic acids is 4. The summed E-state index contributed by atoms with van der Waals surface area (Å²) in [6, 6.07) is 5.35. The normalized spacial score (nSPS) is 22.4. The van der Waals surface area contributed by atoms with E-state index in [-0.39, 0.29) is 23.4 Å². The van der Waals surface area contributed by atoms with Crippen molar-refractivity contribution in [1.29, 1.82) is 0 Å². The summed E-state index contributed by atoms with van der Waals surface area (Å²) in [5.74, 6) is -3.05. The highest BCUT2D eigenvalue weighted by molar-refractivity contribution is 6.25. The van der Waals surface area contributed by atoms with Crippen molar-refractivity contribution in [3.8, 4) is 0 Å². The summed E-state index contributed by atoms with van der Waals surface area (Å²) in [6.45, 7) is 3.49. The summed E-state index contributed by atoms with van der Waals surface area (Å²) in [5, 5.41) is 0.849. The molecule has 2 aliphatic heterocycles. The third-order valence-corrected chi connectivity index (χ3v) is 4.35. The van der Waals surface area contributed by atoms with Gasteiger partial charge in [0.1, 0.15) is 5.70 Å². The summed E-state index contributed by atoms with van der Waals surface area (Å²) < 4.78 is 5.00. The molecule has 0 saturated carbocycles. The lowest BCUT2D eigenvalue weighted by Gasteiger charge is -2.36. The molecule has 0 radical (unpaired) electrons. The molecule has 0 N–H and O–H groups in total. The average molecular weight is 358 g/mol. The second kappa shape index (κ2) is 6.72. The summed E-state index contributed by atoms with van der Waals surface area (Å²) in [6.07, 6.45) is 1.43. The number of hydroxylamine groups is 2. The van der Waals surface area contributed by atoms with E-state index in [2.05, 4.69) is 0 Å². The number of benzene rings is 1. The van der Waals surface area contributed by atoms with Crippen molar-refractivity contribution in [2.45, 2.75) is 19.9 Å². The molecule has 0 spiro atoms. The Hall–Kier alpha value is -3.00. The number of fused-ring (bicyclic) bond motifs is 1. The van der Waals surface area contributed by atoms with Gasteiger partial charge in [-0.3, -0.25) is 19.2 Å². The zero-order valence-corrected chi connectivity index (χ0v) is 14.6. The van der Waals surface area contributed by atoms with Crippen LogP contribution in [0.1, 0.15) is 34.6 Å². The van der Waals surface area contributed by atoms with Gasteiger partial charge in [0.05, 0.1) is 24.8 Å². The van der Waals surface area contributed by atoms with Crippen molar-refractivity contribution in [2.24, 2.45) is 5.92 Å². The zero-order chi connectivity index (χ0) is 19.0. The van der Waals surface area contributed by atoms with Gasteiger partial charge in [0, 0.05) is 5.92 Å². The Bertz CT molecular complexity index is 796. The predicted octanol–water partition coefficient (Wildman–Crippen LogP) is 1.14. The Balaban J connectivity index is 2.00. The van der Waals surface area contributed by atoms with Crippen LogP contribution in [-0.4, -0.2) is 53.4 Å².